The number of carbonyl (C=O) groups is 1. The van der Waals surface area contributed by atoms with Crippen molar-refractivity contribution in [1.82, 2.24) is 4.90 Å². The molecule has 1 aliphatic heterocycles. The number of piperidine rings is 1. The van der Waals surface area contributed by atoms with Crippen molar-refractivity contribution in [3.63, 3.8) is 0 Å². The molecule has 3 heteroatoms. The zero-order valence-electron chi connectivity index (χ0n) is 7.79. The van der Waals surface area contributed by atoms with Crippen molar-refractivity contribution < 1.29 is 9.90 Å². The van der Waals surface area contributed by atoms with Crippen molar-refractivity contribution >= 4 is 5.97 Å². The van der Waals surface area contributed by atoms with Crippen molar-refractivity contribution in [2.45, 2.75) is 20.3 Å². The molecule has 0 aromatic rings. The lowest BCUT2D eigenvalue weighted by atomic mass is 9.92. The maximum Gasteiger partial charge on any atom is 0.317 e. The first kappa shape index (κ1) is 9.52. The Labute approximate surface area is 73.4 Å². The molecule has 2 atom stereocenters. The van der Waals surface area contributed by atoms with E-state index in [9.17, 15) is 4.79 Å². The lowest BCUT2D eigenvalue weighted by Crippen LogP contribution is -2.41. The average molecular weight is 171 g/mol. The minimum atomic E-state index is -0.712. The Balaban J connectivity index is 2.38. The second-order valence-corrected chi connectivity index (χ2v) is 4.03. The highest BCUT2D eigenvalue weighted by molar-refractivity contribution is 5.69. The SMILES string of the molecule is C[C@@H]1C[C@@H](C)CN(CC(=O)O)C1. The normalized spacial score (nSPS) is 31.8. The summed E-state index contributed by atoms with van der Waals surface area (Å²) in [5.41, 5.74) is 0. The first-order chi connectivity index (χ1) is 5.58. The Morgan fingerprint density at radius 2 is 1.92 bits per heavy atom. The molecule has 1 aliphatic rings. The molecule has 1 saturated heterocycles. The van der Waals surface area contributed by atoms with Gasteiger partial charge < -0.3 is 5.11 Å². The molecule has 0 bridgehead atoms. The smallest absolute Gasteiger partial charge is 0.317 e. The van der Waals surface area contributed by atoms with Crippen molar-refractivity contribution in [3.05, 3.63) is 0 Å². The molecule has 1 heterocycles. The molecule has 70 valence electrons. The van der Waals surface area contributed by atoms with Gasteiger partial charge in [0.1, 0.15) is 0 Å². The van der Waals surface area contributed by atoms with Gasteiger partial charge >= 0.3 is 5.97 Å². The quantitative estimate of drug-likeness (QED) is 0.675. The van der Waals surface area contributed by atoms with Crippen LogP contribution in [0.1, 0.15) is 20.3 Å². The van der Waals surface area contributed by atoms with Gasteiger partial charge in [0.25, 0.3) is 0 Å². The predicted molar refractivity (Wildman–Crippen MR) is 47.0 cm³/mol. The van der Waals surface area contributed by atoms with E-state index in [4.69, 9.17) is 5.11 Å². The molecule has 0 amide bonds. The third-order valence-electron chi connectivity index (χ3n) is 2.30. The number of carboxylic acids is 1. The van der Waals surface area contributed by atoms with Crippen LogP contribution in [0.25, 0.3) is 0 Å². The molecule has 1 fully saturated rings. The van der Waals surface area contributed by atoms with Gasteiger partial charge in [0.2, 0.25) is 0 Å². The van der Waals surface area contributed by atoms with Gasteiger partial charge in [-0.2, -0.15) is 0 Å². The highest BCUT2D eigenvalue weighted by Crippen LogP contribution is 2.20. The van der Waals surface area contributed by atoms with Crippen molar-refractivity contribution in [1.29, 1.82) is 0 Å². The number of carboxylic acid groups (broad SMARTS) is 1. The summed E-state index contributed by atoms with van der Waals surface area (Å²) in [5, 5.41) is 8.60. The molecule has 0 aromatic heterocycles. The van der Waals surface area contributed by atoms with Crippen LogP contribution in [-0.2, 0) is 4.79 Å². The summed E-state index contributed by atoms with van der Waals surface area (Å²) in [4.78, 5) is 12.5. The topological polar surface area (TPSA) is 40.5 Å². The second-order valence-electron chi connectivity index (χ2n) is 4.03. The van der Waals surface area contributed by atoms with E-state index in [1.54, 1.807) is 0 Å². The molecular weight excluding hydrogens is 154 g/mol. The predicted octanol–water partition coefficient (Wildman–Crippen LogP) is 1.05. The number of likely N-dealkylation sites (tertiary alicyclic amines) is 1. The number of hydrogen-bond acceptors (Lipinski definition) is 2. The first-order valence-corrected chi connectivity index (χ1v) is 4.52. The highest BCUT2D eigenvalue weighted by atomic mass is 16.4. The molecule has 0 saturated carbocycles. The molecule has 0 aromatic carbocycles. The Bertz CT molecular complexity index is 160. The van der Waals surface area contributed by atoms with E-state index in [-0.39, 0.29) is 6.54 Å². The van der Waals surface area contributed by atoms with Crippen LogP contribution < -0.4 is 0 Å². The van der Waals surface area contributed by atoms with Crippen LogP contribution in [0.5, 0.6) is 0 Å². The van der Waals surface area contributed by atoms with Gasteiger partial charge in [0, 0.05) is 13.1 Å². The molecule has 1 N–H and O–H groups in total. The zero-order chi connectivity index (χ0) is 9.14. The Hall–Kier alpha value is -0.570. The summed E-state index contributed by atoms with van der Waals surface area (Å²) < 4.78 is 0. The van der Waals surface area contributed by atoms with Gasteiger partial charge in [-0.15, -0.1) is 0 Å². The first-order valence-electron chi connectivity index (χ1n) is 4.52. The van der Waals surface area contributed by atoms with Crippen LogP contribution in [0.15, 0.2) is 0 Å². The second kappa shape index (κ2) is 3.90. The standard InChI is InChI=1S/C9H17NO2/c1-7-3-8(2)5-10(4-7)6-9(11)12/h7-8H,3-6H2,1-2H3,(H,11,12)/t7-,8-/m1/s1. The van der Waals surface area contributed by atoms with Gasteiger partial charge in [0.15, 0.2) is 0 Å². The Morgan fingerprint density at radius 1 is 1.42 bits per heavy atom. The van der Waals surface area contributed by atoms with Crippen molar-refractivity contribution in [2.75, 3.05) is 19.6 Å². The van der Waals surface area contributed by atoms with Gasteiger partial charge in [-0.1, -0.05) is 13.8 Å². The van der Waals surface area contributed by atoms with Crippen LogP contribution >= 0.6 is 0 Å². The number of rotatable bonds is 2. The fourth-order valence-electron chi connectivity index (χ4n) is 2.11. The van der Waals surface area contributed by atoms with E-state index in [1.807, 2.05) is 4.90 Å². The molecule has 0 aliphatic carbocycles. The summed E-state index contributed by atoms with van der Waals surface area (Å²) in [6, 6.07) is 0. The number of hydrogen-bond donors (Lipinski definition) is 1. The zero-order valence-corrected chi connectivity index (χ0v) is 7.79. The monoisotopic (exact) mass is 171 g/mol. The van der Waals surface area contributed by atoms with Crippen LogP contribution in [0.4, 0.5) is 0 Å². The summed E-state index contributed by atoms with van der Waals surface area (Å²) in [6.45, 7) is 6.46. The molecule has 3 nitrogen and oxygen atoms in total. The van der Waals surface area contributed by atoms with E-state index in [0.29, 0.717) is 11.8 Å². The fraction of sp³-hybridized carbons (Fsp3) is 0.889. The maximum atomic E-state index is 10.4. The molecule has 1 rings (SSSR count). The van der Waals surface area contributed by atoms with Gasteiger partial charge in [-0.25, -0.2) is 0 Å². The van der Waals surface area contributed by atoms with Crippen molar-refractivity contribution in [2.24, 2.45) is 11.8 Å². The van der Waals surface area contributed by atoms with E-state index in [1.165, 1.54) is 6.42 Å². The van der Waals surface area contributed by atoms with Crippen molar-refractivity contribution in [3.8, 4) is 0 Å². The molecular formula is C9H17NO2. The van der Waals surface area contributed by atoms with Gasteiger partial charge in [-0.05, 0) is 18.3 Å². The summed E-state index contributed by atoms with van der Waals surface area (Å²) in [7, 11) is 0. The molecule has 12 heavy (non-hydrogen) atoms. The third-order valence-corrected chi connectivity index (χ3v) is 2.30. The average Bonchev–Trinajstić information content (AvgIpc) is 1.81. The van der Waals surface area contributed by atoms with Gasteiger partial charge in [-0.3, -0.25) is 9.69 Å². The Kier molecular flexibility index (Phi) is 3.09. The third kappa shape index (κ3) is 2.81. The lowest BCUT2D eigenvalue weighted by molar-refractivity contribution is -0.138. The summed E-state index contributed by atoms with van der Waals surface area (Å²) >= 11 is 0. The van der Waals surface area contributed by atoms with Crippen LogP contribution in [-0.4, -0.2) is 35.6 Å². The van der Waals surface area contributed by atoms with Crippen LogP contribution in [0, 0.1) is 11.8 Å². The van der Waals surface area contributed by atoms with E-state index >= 15 is 0 Å². The van der Waals surface area contributed by atoms with E-state index in [0.717, 1.165) is 13.1 Å². The largest absolute Gasteiger partial charge is 0.480 e. The number of aliphatic carboxylic acids is 1. The molecule has 0 unspecified atom stereocenters. The number of nitrogens with zero attached hydrogens (tertiary/aromatic N) is 1. The fourth-order valence-corrected chi connectivity index (χ4v) is 2.11. The van der Waals surface area contributed by atoms with Crippen LogP contribution in [0.3, 0.4) is 0 Å². The summed E-state index contributed by atoms with van der Waals surface area (Å²) in [5.74, 6) is 0.581. The minimum absolute atomic E-state index is 0.203. The summed E-state index contributed by atoms with van der Waals surface area (Å²) in [6.07, 6.45) is 1.23. The van der Waals surface area contributed by atoms with Crippen LogP contribution in [0.2, 0.25) is 0 Å². The Morgan fingerprint density at radius 3 is 2.33 bits per heavy atom. The highest BCUT2D eigenvalue weighted by Gasteiger charge is 2.22. The van der Waals surface area contributed by atoms with E-state index in [2.05, 4.69) is 13.8 Å². The lowest BCUT2D eigenvalue weighted by Gasteiger charge is -2.33. The maximum absolute atomic E-state index is 10.4. The minimum Gasteiger partial charge on any atom is -0.480 e. The van der Waals surface area contributed by atoms with Gasteiger partial charge in [0.05, 0.1) is 6.54 Å². The molecule has 0 radical (unpaired) electrons. The van der Waals surface area contributed by atoms with E-state index < -0.39 is 5.97 Å². The molecule has 0 spiro atoms.